The van der Waals surface area contributed by atoms with Crippen LogP contribution in [0.5, 0.6) is 0 Å². The van der Waals surface area contributed by atoms with Crippen molar-refractivity contribution in [3.05, 3.63) is 34.3 Å². The molecular formula is C15H21ClN2O. The topological polar surface area (TPSA) is 24.5 Å². The van der Waals surface area contributed by atoms with E-state index in [1.54, 1.807) is 0 Å². The van der Waals surface area contributed by atoms with Crippen molar-refractivity contribution >= 4 is 11.6 Å². The van der Waals surface area contributed by atoms with Gasteiger partial charge in [-0.3, -0.25) is 0 Å². The van der Waals surface area contributed by atoms with E-state index in [4.69, 9.17) is 16.3 Å². The highest BCUT2D eigenvalue weighted by Crippen LogP contribution is 2.33. The maximum Gasteiger partial charge on any atom is 0.0950 e. The summed E-state index contributed by atoms with van der Waals surface area (Å²) in [5, 5.41) is 4.25. The van der Waals surface area contributed by atoms with Crippen LogP contribution in [0.25, 0.3) is 0 Å². The summed E-state index contributed by atoms with van der Waals surface area (Å²) in [6, 6.07) is 6.46. The number of rotatable bonds is 2. The summed E-state index contributed by atoms with van der Waals surface area (Å²) in [6.45, 7) is 4.87. The number of halogens is 1. The molecule has 104 valence electrons. The van der Waals surface area contributed by atoms with Gasteiger partial charge in [0.1, 0.15) is 0 Å². The van der Waals surface area contributed by atoms with Crippen molar-refractivity contribution in [3.63, 3.8) is 0 Å². The third kappa shape index (κ3) is 2.95. The van der Waals surface area contributed by atoms with Crippen molar-refractivity contribution in [2.24, 2.45) is 0 Å². The van der Waals surface area contributed by atoms with Gasteiger partial charge in [-0.2, -0.15) is 0 Å². The Morgan fingerprint density at radius 1 is 1.42 bits per heavy atom. The third-order valence-corrected chi connectivity index (χ3v) is 4.48. The van der Waals surface area contributed by atoms with Gasteiger partial charge in [0, 0.05) is 24.7 Å². The maximum absolute atomic E-state index is 6.48. The van der Waals surface area contributed by atoms with Crippen LogP contribution in [0.3, 0.4) is 0 Å². The number of nitrogens with zero attached hydrogens (tertiary/aromatic N) is 1. The summed E-state index contributed by atoms with van der Waals surface area (Å²) < 4.78 is 5.77. The lowest BCUT2D eigenvalue weighted by Gasteiger charge is -2.24. The molecule has 0 saturated carbocycles. The number of benzene rings is 1. The van der Waals surface area contributed by atoms with Gasteiger partial charge in [-0.15, -0.1) is 0 Å². The van der Waals surface area contributed by atoms with Crippen LogP contribution in [0.15, 0.2) is 18.2 Å². The zero-order chi connectivity index (χ0) is 13.2. The highest BCUT2D eigenvalue weighted by molar-refractivity contribution is 6.31. The molecule has 0 aliphatic carbocycles. The van der Waals surface area contributed by atoms with Crippen LogP contribution in [-0.4, -0.2) is 44.7 Å². The molecule has 4 heteroatoms. The molecular weight excluding hydrogens is 260 g/mol. The van der Waals surface area contributed by atoms with Crippen molar-refractivity contribution < 1.29 is 4.74 Å². The van der Waals surface area contributed by atoms with Gasteiger partial charge in [0.2, 0.25) is 0 Å². The van der Waals surface area contributed by atoms with E-state index in [0.29, 0.717) is 5.92 Å². The van der Waals surface area contributed by atoms with E-state index >= 15 is 0 Å². The van der Waals surface area contributed by atoms with E-state index in [1.165, 1.54) is 24.1 Å². The summed E-state index contributed by atoms with van der Waals surface area (Å²) in [5.41, 5.74) is 2.48. The van der Waals surface area contributed by atoms with Crippen molar-refractivity contribution in [2.75, 3.05) is 39.8 Å². The van der Waals surface area contributed by atoms with Crippen LogP contribution < -0.4 is 5.32 Å². The number of likely N-dealkylation sites (tertiary alicyclic amines) is 1. The van der Waals surface area contributed by atoms with Gasteiger partial charge in [-0.05, 0) is 43.1 Å². The van der Waals surface area contributed by atoms with Gasteiger partial charge >= 0.3 is 0 Å². The average Bonchev–Trinajstić information content (AvgIpc) is 2.86. The fraction of sp³-hybridized carbons (Fsp3) is 0.600. The zero-order valence-electron chi connectivity index (χ0n) is 11.4. The normalized spacial score (nSPS) is 28.7. The number of likely N-dealkylation sites (N-methyl/N-ethyl adjacent to an activating group) is 1. The minimum atomic E-state index is 0.145. The lowest BCUT2D eigenvalue weighted by Crippen LogP contribution is -2.33. The second kappa shape index (κ2) is 5.80. The van der Waals surface area contributed by atoms with E-state index in [1.807, 2.05) is 0 Å². The molecule has 2 atom stereocenters. The van der Waals surface area contributed by atoms with Gasteiger partial charge < -0.3 is 15.0 Å². The zero-order valence-corrected chi connectivity index (χ0v) is 12.1. The van der Waals surface area contributed by atoms with E-state index < -0.39 is 0 Å². The molecule has 0 bridgehead atoms. The first-order valence-electron chi connectivity index (χ1n) is 7.04. The summed E-state index contributed by atoms with van der Waals surface area (Å²) in [5.74, 6) is 0.581. The Morgan fingerprint density at radius 2 is 2.32 bits per heavy atom. The summed E-state index contributed by atoms with van der Waals surface area (Å²) in [7, 11) is 2.17. The van der Waals surface area contributed by atoms with Crippen LogP contribution >= 0.6 is 11.6 Å². The molecule has 2 unspecified atom stereocenters. The standard InChI is InChI=1S/C15H21ClN2O/c1-18-6-4-12(10-18)13-3-2-11(8-14(13)16)15-9-17-5-7-19-15/h2-3,8,12,15,17H,4-7,9-10H2,1H3. The fourth-order valence-corrected chi connectivity index (χ4v) is 3.39. The second-order valence-corrected chi connectivity index (χ2v) is 6.00. The largest absolute Gasteiger partial charge is 0.371 e. The van der Waals surface area contributed by atoms with Crippen molar-refractivity contribution in [3.8, 4) is 0 Å². The van der Waals surface area contributed by atoms with Crippen molar-refractivity contribution in [1.29, 1.82) is 0 Å². The Hall–Kier alpha value is -0.610. The first kappa shape index (κ1) is 13.4. The van der Waals surface area contributed by atoms with Crippen molar-refractivity contribution in [1.82, 2.24) is 10.2 Å². The molecule has 2 fully saturated rings. The molecule has 2 aliphatic heterocycles. The Kier molecular flexibility index (Phi) is 4.08. The first-order chi connectivity index (χ1) is 9.24. The van der Waals surface area contributed by atoms with Gasteiger partial charge in [0.05, 0.1) is 12.7 Å². The maximum atomic E-state index is 6.48. The Morgan fingerprint density at radius 3 is 2.95 bits per heavy atom. The summed E-state index contributed by atoms with van der Waals surface area (Å²) >= 11 is 6.48. The highest BCUT2D eigenvalue weighted by Gasteiger charge is 2.24. The number of ether oxygens (including phenoxy) is 1. The average molecular weight is 281 g/mol. The molecule has 2 saturated heterocycles. The van der Waals surface area contributed by atoms with Gasteiger partial charge in [0.15, 0.2) is 0 Å². The number of hydrogen-bond donors (Lipinski definition) is 1. The second-order valence-electron chi connectivity index (χ2n) is 5.59. The van der Waals surface area contributed by atoms with Crippen LogP contribution in [0.2, 0.25) is 5.02 Å². The molecule has 2 aliphatic rings. The predicted octanol–water partition coefficient (Wildman–Crippen LogP) is 2.42. The van der Waals surface area contributed by atoms with Crippen LogP contribution in [0, 0.1) is 0 Å². The van der Waals surface area contributed by atoms with Crippen LogP contribution in [-0.2, 0) is 4.74 Å². The number of hydrogen-bond acceptors (Lipinski definition) is 3. The predicted molar refractivity (Wildman–Crippen MR) is 77.9 cm³/mol. The van der Waals surface area contributed by atoms with Crippen LogP contribution in [0.1, 0.15) is 29.6 Å². The molecule has 0 amide bonds. The van der Waals surface area contributed by atoms with E-state index in [-0.39, 0.29) is 6.10 Å². The SMILES string of the molecule is CN1CCC(c2ccc(C3CNCCO3)cc2Cl)C1. The van der Waals surface area contributed by atoms with E-state index in [9.17, 15) is 0 Å². The lowest BCUT2D eigenvalue weighted by atomic mass is 9.96. The molecule has 0 radical (unpaired) electrons. The minimum absolute atomic E-state index is 0.145. The Bertz CT molecular complexity index is 446. The van der Waals surface area contributed by atoms with Crippen molar-refractivity contribution in [2.45, 2.75) is 18.4 Å². The Balaban J connectivity index is 1.77. The minimum Gasteiger partial charge on any atom is -0.371 e. The van der Waals surface area contributed by atoms with Crippen LogP contribution in [0.4, 0.5) is 0 Å². The third-order valence-electron chi connectivity index (χ3n) is 4.16. The molecule has 0 spiro atoms. The summed E-state index contributed by atoms with van der Waals surface area (Å²) in [4.78, 5) is 2.36. The quantitative estimate of drug-likeness (QED) is 0.900. The monoisotopic (exact) mass is 280 g/mol. The van der Waals surface area contributed by atoms with Gasteiger partial charge in [-0.25, -0.2) is 0 Å². The lowest BCUT2D eigenvalue weighted by molar-refractivity contribution is 0.0277. The first-order valence-corrected chi connectivity index (χ1v) is 7.42. The molecule has 0 aromatic heterocycles. The number of nitrogens with one attached hydrogen (secondary N) is 1. The molecule has 1 aromatic carbocycles. The number of morpholine rings is 1. The Labute approximate surface area is 119 Å². The molecule has 3 nitrogen and oxygen atoms in total. The molecule has 3 rings (SSSR count). The molecule has 1 aromatic rings. The summed E-state index contributed by atoms with van der Waals surface area (Å²) in [6.07, 6.45) is 1.35. The van der Waals surface area contributed by atoms with Gasteiger partial charge in [0.25, 0.3) is 0 Å². The highest BCUT2D eigenvalue weighted by atomic mass is 35.5. The van der Waals surface area contributed by atoms with Gasteiger partial charge in [-0.1, -0.05) is 23.7 Å². The molecule has 1 N–H and O–H groups in total. The molecule has 2 heterocycles. The van der Waals surface area contributed by atoms with E-state index in [0.717, 1.165) is 31.3 Å². The van der Waals surface area contributed by atoms with E-state index in [2.05, 4.69) is 35.5 Å². The smallest absolute Gasteiger partial charge is 0.0950 e. The molecule has 19 heavy (non-hydrogen) atoms. The fourth-order valence-electron chi connectivity index (χ4n) is 3.04.